The number of carbonyl (C=O) groups is 1. The highest BCUT2D eigenvalue weighted by atomic mass is 16.6. The molecule has 2 aromatic carbocycles. The van der Waals surface area contributed by atoms with Crippen LogP contribution in [0.2, 0.25) is 0 Å². The molecule has 1 aliphatic rings. The van der Waals surface area contributed by atoms with Crippen LogP contribution in [0.1, 0.15) is 11.1 Å². The molecule has 2 aromatic rings. The number of rotatable bonds is 3. The first-order valence-corrected chi connectivity index (χ1v) is 7.09. The number of anilines is 1. The number of fused-ring (bicyclic) bond motifs is 1. The van der Waals surface area contributed by atoms with Crippen molar-refractivity contribution >= 4 is 17.9 Å². The lowest BCUT2D eigenvalue weighted by molar-refractivity contribution is 0.106. The molecule has 1 heterocycles. The van der Waals surface area contributed by atoms with Gasteiger partial charge in [-0.25, -0.2) is 9.69 Å². The van der Waals surface area contributed by atoms with Crippen LogP contribution in [-0.2, 0) is 16.1 Å². The van der Waals surface area contributed by atoms with E-state index >= 15 is 0 Å². The number of para-hydroxylation sites is 1. The van der Waals surface area contributed by atoms with Gasteiger partial charge in [-0.3, -0.25) is 0 Å². The molecule has 1 amide bonds. The SMILES string of the molecule is CO[C@@H]1C=Cc2ccccc2N1C(=O)OCc1ccccc1. The maximum Gasteiger partial charge on any atom is 0.417 e. The number of amides is 1. The molecular formula is C18H17NO3. The van der Waals surface area contributed by atoms with Crippen molar-refractivity contribution in [3.8, 4) is 0 Å². The lowest BCUT2D eigenvalue weighted by Gasteiger charge is -2.31. The van der Waals surface area contributed by atoms with Crippen LogP contribution in [0.4, 0.5) is 10.5 Å². The first-order chi connectivity index (χ1) is 10.8. The molecule has 0 bridgehead atoms. The summed E-state index contributed by atoms with van der Waals surface area (Å²) in [6.45, 7) is 0.235. The minimum absolute atomic E-state index is 0.235. The van der Waals surface area contributed by atoms with Gasteiger partial charge in [0.15, 0.2) is 6.23 Å². The van der Waals surface area contributed by atoms with Gasteiger partial charge < -0.3 is 9.47 Å². The van der Waals surface area contributed by atoms with Gasteiger partial charge in [-0.05, 0) is 23.3 Å². The van der Waals surface area contributed by atoms with E-state index in [0.29, 0.717) is 0 Å². The fourth-order valence-electron chi connectivity index (χ4n) is 2.43. The monoisotopic (exact) mass is 295 g/mol. The normalized spacial score (nSPS) is 16.2. The Morgan fingerprint density at radius 1 is 1.09 bits per heavy atom. The van der Waals surface area contributed by atoms with Crippen molar-refractivity contribution in [1.82, 2.24) is 0 Å². The Hall–Kier alpha value is -2.59. The number of ether oxygens (including phenoxy) is 2. The van der Waals surface area contributed by atoms with Crippen molar-refractivity contribution < 1.29 is 14.3 Å². The second kappa shape index (κ2) is 6.45. The van der Waals surface area contributed by atoms with Crippen LogP contribution in [0.5, 0.6) is 0 Å². The first kappa shape index (κ1) is 14.4. The predicted octanol–water partition coefficient (Wildman–Crippen LogP) is 3.83. The third-order valence-corrected chi connectivity index (χ3v) is 3.53. The van der Waals surface area contributed by atoms with Crippen LogP contribution in [0.3, 0.4) is 0 Å². The van der Waals surface area contributed by atoms with Crippen molar-refractivity contribution in [2.24, 2.45) is 0 Å². The van der Waals surface area contributed by atoms with E-state index in [1.807, 2.05) is 66.7 Å². The molecular weight excluding hydrogens is 278 g/mol. The van der Waals surface area contributed by atoms with E-state index in [-0.39, 0.29) is 6.61 Å². The molecule has 0 saturated carbocycles. The zero-order valence-corrected chi connectivity index (χ0v) is 12.3. The minimum atomic E-state index is -0.460. The van der Waals surface area contributed by atoms with Crippen molar-refractivity contribution in [1.29, 1.82) is 0 Å². The standard InChI is InChI=1S/C18H17NO3/c1-21-17-12-11-15-9-5-6-10-16(15)19(17)18(20)22-13-14-7-3-2-4-8-14/h2-12,17H,13H2,1H3/t17-/m1/s1. The Kier molecular flexibility index (Phi) is 4.21. The summed E-state index contributed by atoms with van der Waals surface area (Å²) in [5.41, 5.74) is 2.70. The zero-order valence-electron chi connectivity index (χ0n) is 12.3. The smallest absolute Gasteiger partial charge is 0.417 e. The highest BCUT2D eigenvalue weighted by Crippen LogP contribution is 2.29. The molecule has 0 aromatic heterocycles. The Balaban J connectivity index is 1.79. The van der Waals surface area contributed by atoms with Gasteiger partial charge in [0.05, 0.1) is 5.69 Å². The van der Waals surface area contributed by atoms with Gasteiger partial charge in [0, 0.05) is 7.11 Å². The summed E-state index contributed by atoms with van der Waals surface area (Å²) in [7, 11) is 1.57. The van der Waals surface area contributed by atoms with Crippen LogP contribution >= 0.6 is 0 Å². The fourth-order valence-corrected chi connectivity index (χ4v) is 2.43. The fraction of sp³-hybridized carbons (Fsp3) is 0.167. The molecule has 1 atom stereocenters. The quantitative estimate of drug-likeness (QED) is 0.864. The van der Waals surface area contributed by atoms with Crippen LogP contribution < -0.4 is 4.90 Å². The van der Waals surface area contributed by atoms with Gasteiger partial charge in [-0.1, -0.05) is 54.6 Å². The summed E-state index contributed by atoms with van der Waals surface area (Å²) < 4.78 is 10.8. The van der Waals surface area contributed by atoms with Crippen LogP contribution in [0.15, 0.2) is 60.7 Å². The zero-order chi connectivity index (χ0) is 15.4. The number of carbonyl (C=O) groups excluding carboxylic acids is 1. The minimum Gasteiger partial charge on any atom is -0.444 e. The molecule has 0 N–H and O–H groups in total. The summed E-state index contributed by atoms with van der Waals surface area (Å²) in [4.78, 5) is 14.0. The number of hydrogen-bond acceptors (Lipinski definition) is 3. The largest absolute Gasteiger partial charge is 0.444 e. The maximum atomic E-state index is 12.5. The molecule has 0 saturated heterocycles. The summed E-state index contributed by atoms with van der Waals surface area (Å²) in [6, 6.07) is 17.3. The van der Waals surface area contributed by atoms with Gasteiger partial charge in [0.25, 0.3) is 0 Å². The van der Waals surface area contributed by atoms with Crippen molar-refractivity contribution in [2.45, 2.75) is 12.8 Å². The number of benzene rings is 2. The van der Waals surface area contributed by atoms with E-state index in [4.69, 9.17) is 9.47 Å². The molecule has 0 spiro atoms. The van der Waals surface area contributed by atoms with E-state index in [2.05, 4.69) is 0 Å². The van der Waals surface area contributed by atoms with Gasteiger partial charge in [0.1, 0.15) is 6.61 Å². The molecule has 0 unspecified atom stereocenters. The third-order valence-electron chi connectivity index (χ3n) is 3.53. The molecule has 112 valence electrons. The molecule has 0 aliphatic carbocycles. The molecule has 4 nitrogen and oxygen atoms in total. The predicted molar refractivity (Wildman–Crippen MR) is 85.4 cm³/mol. The van der Waals surface area contributed by atoms with Crippen LogP contribution in [-0.4, -0.2) is 19.4 Å². The topological polar surface area (TPSA) is 38.8 Å². The average Bonchev–Trinajstić information content (AvgIpc) is 2.59. The molecule has 4 heteroatoms. The summed E-state index contributed by atoms with van der Waals surface area (Å²) in [6.07, 6.45) is 2.90. The van der Waals surface area contributed by atoms with Crippen molar-refractivity contribution in [2.75, 3.05) is 12.0 Å². The van der Waals surface area contributed by atoms with E-state index in [0.717, 1.165) is 16.8 Å². The lowest BCUT2D eigenvalue weighted by atomic mass is 10.1. The number of hydrogen-bond donors (Lipinski definition) is 0. The van der Waals surface area contributed by atoms with E-state index in [1.54, 1.807) is 7.11 Å². The summed E-state index contributed by atoms with van der Waals surface area (Å²) in [5, 5.41) is 0. The van der Waals surface area contributed by atoms with Gasteiger partial charge in [-0.15, -0.1) is 0 Å². The van der Waals surface area contributed by atoms with E-state index < -0.39 is 12.3 Å². The lowest BCUT2D eigenvalue weighted by Crippen LogP contribution is -2.42. The van der Waals surface area contributed by atoms with E-state index in [1.165, 1.54) is 4.90 Å². The molecule has 0 fully saturated rings. The van der Waals surface area contributed by atoms with Gasteiger partial charge in [0.2, 0.25) is 0 Å². The summed E-state index contributed by atoms with van der Waals surface area (Å²) >= 11 is 0. The van der Waals surface area contributed by atoms with E-state index in [9.17, 15) is 4.79 Å². The Bertz CT molecular complexity index is 682. The Labute approximate surface area is 129 Å². The van der Waals surface area contributed by atoms with Crippen molar-refractivity contribution in [3.05, 3.63) is 71.8 Å². The number of methoxy groups -OCH3 is 1. The Morgan fingerprint density at radius 3 is 2.59 bits per heavy atom. The van der Waals surface area contributed by atoms with Crippen LogP contribution in [0.25, 0.3) is 6.08 Å². The van der Waals surface area contributed by atoms with Gasteiger partial charge >= 0.3 is 6.09 Å². The Morgan fingerprint density at radius 2 is 1.82 bits per heavy atom. The highest BCUT2D eigenvalue weighted by molar-refractivity contribution is 5.93. The van der Waals surface area contributed by atoms with Crippen molar-refractivity contribution in [3.63, 3.8) is 0 Å². The average molecular weight is 295 g/mol. The molecule has 0 radical (unpaired) electrons. The maximum absolute atomic E-state index is 12.5. The molecule has 3 rings (SSSR count). The first-order valence-electron chi connectivity index (χ1n) is 7.09. The molecule has 22 heavy (non-hydrogen) atoms. The molecule has 1 aliphatic heterocycles. The third kappa shape index (κ3) is 2.87. The van der Waals surface area contributed by atoms with Crippen LogP contribution in [0, 0.1) is 0 Å². The number of nitrogens with zero attached hydrogens (tertiary/aromatic N) is 1. The second-order valence-corrected chi connectivity index (χ2v) is 4.95. The second-order valence-electron chi connectivity index (χ2n) is 4.95. The van der Waals surface area contributed by atoms with Gasteiger partial charge in [-0.2, -0.15) is 0 Å². The summed E-state index contributed by atoms with van der Waals surface area (Å²) in [5.74, 6) is 0. The highest BCUT2D eigenvalue weighted by Gasteiger charge is 2.29.